The number of anilines is 1. The molecule has 6 heteroatoms. The quantitative estimate of drug-likeness (QED) is 0.771. The summed E-state index contributed by atoms with van der Waals surface area (Å²) in [5.74, 6) is 0.668. The molecular formula is C23H31N3O3. The van der Waals surface area contributed by atoms with Gasteiger partial charge in [0.1, 0.15) is 12.1 Å². The number of rotatable bonds is 2. The molecular weight excluding hydrogens is 366 g/mol. The number of carbonyl (C=O) groups is 3. The first-order valence-electron chi connectivity index (χ1n) is 10.9. The third kappa shape index (κ3) is 3.53. The Bertz CT molecular complexity index is 813. The van der Waals surface area contributed by atoms with E-state index in [-0.39, 0.29) is 17.7 Å². The second kappa shape index (κ2) is 7.81. The van der Waals surface area contributed by atoms with Crippen molar-refractivity contribution in [3.05, 3.63) is 29.8 Å². The van der Waals surface area contributed by atoms with E-state index >= 15 is 0 Å². The number of piperidine rings is 2. The van der Waals surface area contributed by atoms with Crippen LogP contribution in [-0.4, -0.2) is 59.2 Å². The van der Waals surface area contributed by atoms with E-state index in [0.717, 1.165) is 32.4 Å². The molecule has 0 radical (unpaired) electrons. The van der Waals surface area contributed by atoms with Crippen LogP contribution in [0.1, 0.15) is 56.8 Å². The van der Waals surface area contributed by atoms with E-state index in [2.05, 4.69) is 13.8 Å². The van der Waals surface area contributed by atoms with Crippen molar-refractivity contribution in [2.24, 2.45) is 11.8 Å². The standard InChI is InChI=1S/C23H31N3O3/c1-15-12-16(2)14-24(13-15)21(27)17(3)26-19-9-5-4-8-18(19)22(28)25-11-7-6-10-20(25)23(26)29/h4-5,8-9,15-17,20H,6-7,10-14H2,1-3H3. The molecule has 156 valence electrons. The van der Waals surface area contributed by atoms with Gasteiger partial charge >= 0.3 is 0 Å². The highest BCUT2D eigenvalue weighted by Gasteiger charge is 2.44. The lowest BCUT2D eigenvalue weighted by Gasteiger charge is -2.40. The van der Waals surface area contributed by atoms with E-state index in [9.17, 15) is 14.4 Å². The van der Waals surface area contributed by atoms with Crippen LogP contribution in [0.3, 0.4) is 0 Å². The molecule has 2 fully saturated rings. The summed E-state index contributed by atoms with van der Waals surface area (Å²) in [4.78, 5) is 45.5. The summed E-state index contributed by atoms with van der Waals surface area (Å²) in [5, 5.41) is 0. The Morgan fingerprint density at radius 1 is 1.07 bits per heavy atom. The molecule has 0 bridgehead atoms. The third-order valence-corrected chi connectivity index (χ3v) is 6.61. The minimum Gasteiger partial charge on any atom is -0.340 e. The summed E-state index contributed by atoms with van der Waals surface area (Å²) in [7, 11) is 0. The fraction of sp³-hybridized carbons (Fsp3) is 0.609. The van der Waals surface area contributed by atoms with Gasteiger partial charge < -0.3 is 9.80 Å². The van der Waals surface area contributed by atoms with Crippen LogP contribution in [0.15, 0.2) is 24.3 Å². The van der Waals surface area contributed by atoms with Gasteiger partial charge in [0.25, 0.3) is 11.8 Å². The maximum atomic E-state index is 13.6. The molecule has 1 aromatic rings. The van der Waals surface area contributed by atoms with Gasteiger partial charge in [-0.05, 0) is 56.6 Å². The molecule has 0 aromatic heterocycles. The zero-order valence-corrected chi connectivity index (χ0v) is 17.6. The Kier molecular flexibility index (Phi) is 5.36. The van der Waals surface area contributed by atoms with Gasteiger partial charge in [-0.15, -0.1) is 0 Å². The van der Waals surface area contributed by atoms with Gasteiger partial charge in [-0.3, -0.25) is 19.3 Å². The molecule has 3 amide bonds. The van der Waals surface area contributed by atoms with E-state index in [0.29, 0.717) is 36.1 Å². The highest BCUT2D eigenvalue weighted by atomic mass is 16.2. The van der Waals surface area contributed by atoms with Gasteiger partial charge in [-0.25, -0.2) is 0 Å². The molecule has 2 saturated heterocycles. The molecule has 3 aliphatic rings. The highest BCUT2D eigenvalue weighted by molar-refractivity contribution is 6.13. The zero-order valence-electron chi connectivity index (χ0n) is 17.6. The van der Waals surface area contributed by atoms with Gasteiger partial charge in [0.05, 0.1) is 11.3 Å². The van der Waals surface area contributed by atoms with Crippen LogP contribution in [-0.2, 0) is 9.59 Å². The minimum atomic E-state index is -0.629. The number of likely N-dealkylation sites (tertiary alicyclic amines) is 1. The number of fused-ring (bicyclic) bond motifs is 2. The maximum absolute atomic E-state index is 13.6. The van der Waals surface area contributed by atoms with E-state index in [4.69, 9.17) is 0 Å². The van der Waals surface area contributed by atoms with Gasteiger partial charge in [0, 0.05) is 19.6 Å². The van der Waals surface area contributed by atoms with Crippen molar-refractivity contribution in [2.45, 2.75) is 58.5 Å². The lowest BCUT2D eigenvalue weighted by molar-refractivity contribution is -0.137. The molecule has 4 rings (SSSR count). The van der Waals surface area contributed by atoms with Crippen LogP contribution in [0, 0.1) is 11.8 Å². The molecule has 3 aliphatic heterocycles. The van der Waals surface area contributed by atoms with Crippen LogP contribution >= 0.6 is 0 Å². The molecule has 0 aliphatic carbocycles. The monoisotopic (exact) mass is 397 g/mol. The molecule has 0 spiro atoms. The van der Waals surface area contributed by atoms with Crippen LogP contribution in [0.5, 0.6) is 0 Å². The first kappa shape index (κ1) is 19.9. The van der Waals surface area contributed by atoms with E-state index in [1.165, 1.54) is 0 Å². The van der Waals surface area contributed by atoms with Crippen molar-refractivity contribution in [1.82, 2.24) is 9.80 Å². The summed E-state index contributed by atoms with van der Waals surface area (Å²) >= 11 is 0. The molecule has 0 saturated carbocycles. The summed E-state index contributed by atoms with van der Waals surface area (Å²) in [6.07, 6.45) is 3.62. The Morgan fingerprint density at radius 2 is 1.76 bits per heavy atom. The number of hydrogen-bond acceptors (Lipinski definition) is 3. The maximum Gasteiger partial charge on any atom is 0.256 e. The average Bonchev–Trinajstić information content (AvgIpc) is 2.80. The van der Waals surface area contributed by atoms with Crippen molar-refractivity contribution in [3.8, 4) is 0 Å². The first-order valence-corrected chi connectivity index (χ1v) is 10.9. The van der Waals surface area contributed by atoms with Gasteiger partial charge in [0.2, 0.25) is 5.91 Å². The van der Waals surface area contributed by atoms with E-state index in [1.54, 1.807) is 21.9 Å². The van der Waals surface area contributed by atoms with Crippen molar-refractivity contribution in [2.75, 3.05) is 24.5 Å². The first-order chi connectivity index (χ1) is 13.9. The fourth-order valence-corrected chi connectivity index (χ4v) is 5.35. The predicted octanol–water partition coefficient (Wildman–Crippen LogP) is 2.92. The molecule has 0 N–H and O–H groups in total. The predicted molar refractivity (Wildman–Crippen MR) is 112 cm³/mol. The minimum absolute atomic E-state index is 0.0248. The summed E-state index contributed by atoms with van der Waals surface area (Å²) in [6.45, 7) is 8.21. The Hall–Kier alpha value is -2.37. The average molecular weight is 398 g/mol. The molecule has 6 nitrogen and oxygen atoms in total. The topological polar surface area (TPSA) is 60.9 Å². The number of benzene rings is 1. The number of hydrogen-bond donors (Lipinski definition) is 0. The normalized spacial score (nSPS) is 28.5. The van der Waals surface area contributed by atoms with Crippen molar-refractivity contribution < 1.29 is 14.4 Å². The summed E-state index contributed by atoms with van der Waals surface area (Å²) < 4.78 is 0. The summed E-state index contributed by atoms with van der Waals surface area (Å²) in [6, 6.07) is 6.13. The largest absolute Gasteiger partial charge is 0.340 e. The molecule has 3 heterocycles. The second-order valence-electron chi connectivity index (χ2n) is 9.10. The van der Waals surface area contributed by atoms with Crippen molar-refractivity contribution in [3.63, 3.8) is 0 Å². The molecule has 1 aromatic carbocycles. The van der Waals surface area contributed by atoms with Gasteiger partial charge in [-0.2, -0.15) is 0 Å². The third-order valence-electron chi connectivity index (χ3n) is 6.61. The van der Waals surface area contributed by atoms with Gasteiger partial charge in [-0.1, -0.05) is 26.0 Å². The lowest BCUT2D eigenvalue weighted by atomic mass is 9.91. The SMILES string of the molecule is CC1CC(C)CN(C(=O)C(C)N2C(=O)C3CCCCN3C(=O)c3ccccc32)C1. The lowest BCUT2D eigenvalue weighted by Crippen LogP contribution is -2.57. The molecule has 4 atom stereocenters. The summed E-state index contributed by atoms with van der Waals surface area (Å²) in [5.41, 5.74) is 1.08. The molecule has 4 unspecified atom stereocenters. The van der Waals surface area contributed by atoms with Crippen LogP contribution in [0.4, 0.5) is 5.69 Å². The van der Waals surface area contributed by atoms with Crippen molar-refractivity contribution in [1.29, 1.82) is 0 Å². The molecule has 29 heavy (non-hydrogen) atoms. The number of amides is 3. The van der Waals surface area contributed by atoms with Gasteiger partial charge in [0.15, 0.2) is 0 Å². The number of para-hydroxylation sites is 1. The van der Waals surface area contributed by atoms with Crippen molar-refractivity contribution >= 4 is 23.4 Å². The number of nitrogens with zero attached hydrogens (tertiary/aromatic N) is 3. The fourth-order valence-electron chi connectivity index (χ4n) is 5.35. The Morgan fingerprint density at radius 3 is 2.48 bits per heavy atom. The van der Waals surface area contributed by atoms with E-state index in [1.807, 2.05) is 24.0 Å². The number of carbonyl (C=O) groups excluding carboxylic acids is 3. The van der Waals surface area contributed by atoms with Crippen LogP contribution < -0.4 is 4.90 Å². The Balaban J connectivity index is 1.70. The highest BCUT2D eigenvalue weighted by Crippen LogP contribution is 2.34. The van der Waals surface area contributed by atoms with Crippen LogP contribution in [0.2, 0.25) is 0 Å². The second-order valence-corrected chi connectivity index (χ2v) is 9.10. The smallest absolute Gasteiger partial charge is 0.256 e. The zero-order chi connectivity index (χ0) is 20.7. The Labute approximate surface area is 172 Å². The van der Waals surface area contributed by atoms with E-state index < -0.39 is 12.1 Å². The van der Waals surface area contributed by atoms with Crippen LogP contribution in [0.25, 0.3) is 0 Å².